The lowest BCUT2D eigenvalue weighted by molar-refractivity contribution is 0.825. The summed E-state index contributed by atoms with van der Waals surface area (Å²) in [6.45, 7) is 4.28. The Morgan fingerprint density at radius 2 is 2.07 bits per heavy atom. The monoisotopic (exact) mass is 330 g/mol. The Morgan fingerprint density at radius 1 is 1.27 bits per heavy atom. The Labute approximate surface area is 107 Å². The molecule has 0 saturated heterocycles. The molecule has 0 aliphatic rings. The van der Waals surface area contributed by atoms with Crippen molar-refractivity contribution in [3.05, 3.63) is 32.8 Å². The minimum absolute atomic E-state index is 0.457. The maximum Gasteiger partial charge on any atom is 0.147 e. The lowest BCUT2D eigenvalue weighted by Gasteiger charge is -1.96. The highest BCUT2D eigenvalue weighted by molar-refractivity contribution is 14.1. The first-order valence-corrected chi connectivity index (χ1v) is 6.65. The highest BCUT2D eigenvalue weighted by Crippen LogP contribution is 2.27. The summed E-state index contributed by atoms with van der Waals surface area (Å²) in [7, 11) is 0. The van der Waals surface area contributed by atoms with E-state index in [-0.39, 0.29) is 0 Å². The molecule has 0 fully saturated rings. The van der Waals surface area contributed by atoms with Crippen LogP contribution in [0.4, 0.5) is 0 Å². The van der Waals surface area contributed by atoms with Crippen LogP contribution in [-0.2, 0) is 0 Å². The van der Waals surface area contributed by atoms with Gasteiger partial charge in [-0.25, -0.2) is 0 Å². The predicted molar refractivity (Wildman–Crippen MR) is 72.2 cm³/mol. The third-order valence-corrected chi connectivity index (χ3v) is 3.95. The zero-order chi connectivity index (χ0) is 10.8. The van der Waals surface area contributed by atoms with Crippen molar-refractivity contribution in [3.63, 3.8) is 0 Å². The molecule has 0 aliphatic heterocycles. The van der Waals surface area contributed by atoms with Gasteiger partial charge in [-0.3, -0.25) is 0 Å². The van der Waals surface area contributed by atoms with E-state index in [1.165, 1.54) is 3.57 Å². The molecule has 1 aromatic carbocycles. The molecule has 0 radical (unpaired) electrons. The van der Waals surface area contributed by atoms with Gasteiger partial charge in [-0.1, -0.05) is 37.3 Å². The molecule has 2 aromatic rings. The van der Waals surface area contributed by atoms with Crippen molar-refractivity contribution < 1.29 is 0 Å². The fraction of sp³-hybridized carbons (Fsp3) is 0.273. The van der Waals surface area contributed by atoms with Gasteiger partial charge >= 0.3 is 0 Å². The van der Waals surface area contributed by atoms with Gasteiger partial charge in [0, 0.05) is 15.1 Å². The van der Waals surface area contributed by atoms with Crippen LogP contribution < -0.4 is 0 Å². The fourth-order valence-corrected chi connectivity index (χ4v) is 2.59. The standard InChI is InChI=1S/C11H11IN2S/c1-7(2)10-13-14-11(15-10)8-4-3-5-9(12)6-8/h3-7H,1-2H3. The molecule has 0 amide bonds. The molecule has 2 nitrogen and oxygen atoms in total. The predicted octanol–water partition coefficient (Wildman–Crippen LogP) is 3.93. The number of hydrogen-bond acceptors (Lipinski definition) is 3. The molecule has 4 heteroatoms. The quantitative estimate of drug-likeness (QED) is 0.780. The molecular formula is C11H11IN2S. The van der Waals surface area contributed by atoms with E-state index in [4.69, 9.17) is 0 Å². The minimum atomic E-state index is 0.457. The number of aromatic nitrogens is 2. The van der Waals surface area contributed by atoms with Crippen molar-refractivity contribution in [1.82, 2.24) is 10.2 Å². The first-order chi connectivity index (χ1) is 7.16. The Bertz CT molecular complexity index is 465. The zero-order valence-electron chi connectivity index (χ0n) is 8.57. The van der Waals surface area contributed by atoms with Crippen LogP contribution in [0, 0.1) is 3.57 Å². The molecule has 1 aromatic heterocycles. The van der Waals surface area contributed by atoms with Gasteiger partial charge in [0.1, 0.15) is 10.0 Å². The van der Waals surface area contributed by atoms with Crippen LogP contribution in [0.2, 0.25) is 0 Å². The van der Waals surface area contributed by atoms with E-state index in [0.717, 1.165) is 15.6 Å². The van der Waals surface area contributed by atoms with Crippen LogP contribution in [-0.4, -0.2) is 10.2 Å². The van der Waals surface area contributed by atoms with Gasteiger partial charge in [-0.15, -0.1) is 10.2 Å². The summed E-state index contributed by atoms with van der Waals surface area (Å²) in [5.41, 5.74) is 1.16. The molecule has 0 N–H and O–H groups in total. The lowest BCUT2D eigenvalue weighted by Crippen LogP contribution is -1.83. The smallest absolute Gasteiger partial charge is 0.143 e. The number of benzene rings is 1. The van der Waals surface area contributed by atoms with Crippen LogP contribution in [0.5, 0.6) is 0 Å². The average molecular weight is 330 g/mol. The molecule has 0 saturated carbocycles. The van der Waals surface area contributed by atoms with Crippen molar-refractivity contribution in [1.29, 1.82) is 0 Å². The highest BCUT2D eigenvalue weighted by Gasteiger charge is 2.09. The number of nitrogens with zero attached hydrogens (tertiary/aromatic N) is 2. The van der Waals surface area contributed by atoms with Gasteiger partial charge in [0.25, 0.3) is 0 Å². The number of halogens is 1. The van der Waals surface area contributed by atoms with Gasteiger partial charge < -0.3 is 0 Å². The summed E-state index contributed by atoms with van der Waals surface area (Å²) in [6, 6.07) is 8.33. The zero-order valence-corrected chi connectivity index (χ0v) is 11.5. The molecule has 0 spiro atoms. The van der Waals surface area contributed by atoms with E-state index in [1.807, 2.05) is 6.07 Å². The largest absolute Gasteiger partial charge is 0.147 e. The van der Waals surface area contributed by atoms with Crippen molar-refractivity contribution in [2.45, 2.75) is 19.8 Å². The molecule has 0 unspecified atom stereocenters. The maximum atomic E-state index is 4.21. The topological polar surface area (TPSA) is 25.8 Å². The molecule has 0 bridgehead atoms. The highest BCUT2D eigenvalue weighted by atomic mass is 127. The summed E-state index contributed by atoms with van der Waals surface area (Å²) in [5.74, 6) is 0.457. The van der Waals surface area contributed by atoms with Crippen LogP contribution in [0.3, 0.4) is 0 Å². The van der Waals surface area contributed by atoms with Gasteiger partial charge in [0.05, 0.1) is 0 Å². The maximum absolute atomic E-state index is 4.21. The molecule has 2 rings (SSSR count). The third-order valence-electron chi connectivity index (χ3n) is 2.01. The summed E-state index contributed by atoms with van der Waals surface area (Å²) in [4.78, 5) is 0. The van der Waals surface area contributed by atoms with Gasteiger partial charge in [0.2, 0.25) is 0 Å². The Balaban J connectivity index is 2.37. The first-order valence-electron chi connectivity index (χ1n) is 4.76. The number of hydrogen-bond donors (Lipinski definition) is 0. The van der Waals surface area contributed by atoms with E-state index in [2.05, 4.69) is 64.8 Å². The minimum Gasteiger partial charge on any atom is -0.143 e. The van der Waals surface area contributed by atoms with Crippen LogP contribution in [0.25, 0.3) is 10.6 Å². The van der Waals surface area contributed by atoms with Crippen LogP contribution in [0.15, 0.2) is 24.3 Å². The molecule has 1 heterocycles. The third kappa shape index (κ3) is 2.55. The summed E-state index contributed by atoms with van der Waals surface area (Å²) >= 11 is 3.99. The van der Waals surface area contributed by atoms with Gasteiger partial charge in [0.15, 0.2) is 0 Å². The Hall–Kier alpha value is -0.490. The molecular weight excluding hydrogens is 319 g/mol. The average Bonchev–Trinajstić information content (AvgIpc) is 2.66. The lowest BCUT2D eigenvalue weighted by atomic mass is 10.2. The molecule has 0 aliphatic carbocycles. The Morgan fingerprint density at radius 3 is 2.67 bits per heavy atom. The molecule has 15 heavy (non-hydrogen) atoms. The molecule has 78 valence electrons. The normalized spacial score (nSPS) is 10.9. The number of rotatable bonds is 2. The van der Waals surface area contributed by atoms with E-state index in [0.29, 0.717) is 5.92 Å². The van der Waals surface area contributed by atoms with Crippen molar-refractivity contribution in [3.8, 4) is 10.6 Å². The fourth-order valence-electron chi connectivity index (χ4n) is 1.21. The Kier molecular flexibility index (Phi) is 3.35. The van der Waals surface area contributed by atoms with Crippen LogP contribution in [0.1, 0.15) is 24.8 Å². The SMILES string of the molecule is CC(C)c1nnc(-c2cccc(I)c2)s1. The second-order valence-corrected chi connectivity index (χ2v) is 5.87. The summed E-state index contributed by atoms with van der Waals surface area (Å²) < 4.78 is 1.23. The van der Waals surface area contributed by atoms with E-state index in [1.54, 1.807) is 11.3 Å². The molecule has 0 atom stereocenters. The van der Waals surface area contributed by atoms with E-state index in [9.17, 15) is 0 Å². The first kappa shape index (κ1) is 11.0. The summed E-state index contributed by atoms with van der Waals surface area (Å²) in [5, 5.41) is 10.5. The van der Waals surface area contributed by atoms with Gasteiger partial charge in [-0.05, 0) is 34.7 Å². The van der Waals surface area contributed by atoms with Crippen LogP contribution >= 0.6 is 33.9 Å². The second-order valence-electron chi connectivity index (χ2n) is 3.61. The van der Waals surface area contributed by atoms with Crippen molar-refractivity contribution >= 4 is 33.9 Å². The summed E-state index contributed by atoms with van der Waals surface area (Å²) in [6.07, 6.45) is 0. The van der Waals surface area contributed by atoms with Gasteiger partial charge in [-0.2, -0.15) is 0 Å². The second kappa shape index (κ2) is 4.57. The van der Waals surface area contributed by atoms with E-state index < -0.39 is 0 Å². The van der Waals surface area contributed by atoms with Crippen molar-refractivity contribution in [2.24, 2.45) is 0 Å². The van der Waals surface area contributed by atoms with E-state index >= 15 is 0 Å². The van der Waals surface area contributed by atoms with Crippen molar-refractivity contribution in [2.75, 3.05) is 0 Å².